The van der Waals surface area contributed by atoms with Crippen molar-refractivity contribution in [3.8, 4) is 11.8 Å². The van der Waals surface area contributed by atoms with E-state index in [1.165, 1.54) is 18.9 Å². The molecule has 160 valence electrons. The highest BCUT2D eigenvalue weighted by Gasteiger charge is 2.40. The van der Waals surface area contributed by atoms with Crippen molar-refractivity contribution >= 4 is 23.5 Å². The number of thioether (sulfide) groups is 1. The highest BCUT2D eigenvalue weighted by atomic mass is 32.2. The molecule has 1 aliphatic carbocycles. The van der Waals surface area contributed by atoms with Crippen LogP contribution in [-0.2, 0) is 19.1 Å². The number of esters is 1. The minimum atomic E-state index is -0.772. The van der Waals surface area contributed by atoms with Gasteiger partial charge in [-0.1, -0.05) is 45.0 Å². The van der Waals surface area contributed by atoms with E-state index in [9.17, 15) is 19.8 Å². The van der Waals surface area contributed by atoms with Gasteiger partial charge in [-0.05, 0) is 12.3 Å². The molecule has 7 heteroatoms. The summed E-state index contributed by atoms with van der Waals surface area (Å²) in [6, 6.07) is 0. The fourth-order valence-corrected chi connectivity index (χ4v) is 4.24. The Morgan fingerprint density at radius 1 is 1.43 bits per heavy atom. The number of hydrogen-bond donors (Lipinski definition) is 2. The molecule has 0 aromatic heterocycles. The van der Waals surface area contributed by atoms with Crippen LogP contribution >= 0.6 is 11.8 Å². The summed E-state index contributed by atoms with van der Waals surface area (Å²) in [6.45, 7) is 4.55. The summed E-state index contributed by atoms with van der Waals surface area (Å²) in [7, 11) is 1.31. The van der Waals surface area contributed by atoms with Gasteiger partial charge in [0.1, 0.15) is 18.5 Å². The van der Waals surface area contributed by atoms with Gasteiger partial charge in [-0.25, -0.2) is 4.79 Å². The van der Waals surface area contributed by atoms with Crippen LogP contribution in [0.1, 0.15) is 46.0 Å². The third kappa shape index (κ3) is 9.42. The van der Waals surface area contributed by atoms with Crippen molar-refractivity contribution in [1.29, 1.82) is 0 Å². The van der Waals surface area contributed by atoms with Crippen molar-refractivity contribution in [2.45, 2.75) is 58.2 Å². The summed E-state index contributed by atoms with van der Waals surface area (Å²) in [5, 5.41) is 20.3. The standard InChI is InChI=1S/C21H34O6S/c1-4-5-6-15(2)11-16(22)7-8-17-18(20(24)12-19(17)23)14-28-10-9-27-13-21(25)26-3/h15-19,22-23H,4-6,9-14H2,1-3H3/t15-,16-,17-,18-,19-/m1/s1. The van der Waals surface area contributed by atoms with Gasteiger partial charge in [0, 0.05) is 23.8 Å². The number of Topliss-reactive ketones (excluding diaryl/α,β-unsaturated/α-hetero) is 1. The number of hydrogen-bond acceptors (Lipinski definition) is 7. The quantitative estimate of drug-likeness (QED) is 0.287. The summed E-state index contributed by atoms with van der Waals surface area (Å²) in [6.07, 6.45) is 2.57. The third-order valence-electron chi connectivity index (χ3n) is 4.88. The first-order valence-electron chi connectivity index (χ1n) is 10.0. The van der Waals surface area contributed by atoms with Crippen molar-refractivity contribution in [2.75, 3.05) is 31.8 Å². The SMILES string of the molecule is CCCC[C@@H](C)C[C@H](O)C#C[C@H]1[C@H](O)CC(=O)[C@@H]1CSCCOCC(=O)OC. The molecule has 0 heterocycles. The van der Waals surface area contributed by atoms with E-state index < -0.39 is 24.1 Å². The predicted molar refractivity (Wildman–Crippen MR) is 110 cm³/mol. The van der Waals surface area contributed by atoms with Gasteiger partial charge < -0.3 is 19.7 Å². The highest BCUT2D eigenvalue weighted by molar-refractivity contribution is 7.99. The van der Waals surface area contributed by atoms with Crippen molar-refractivity contribution < 1.29 is 29.3 Å². The van der Waals surface area contributed by atoms with Gasteiger partial charge in [-0.2, -0.15) is 11.8 Å². The maximum absolute atomic E-state index is 12.2. The van der Waals surface area contributed by atoms with Crippen molar-refractivity contribution in [3.63, 3.8) is 0 Å². The van der Waals surface area contributed by atoms with E-state index in [4.69, 9.17) is 4.74 Å². The van der Waals surface area contributed by atoms with Crippen LogP contribution < -0.4 is 0 Å². The van der Waals surface area contributed by atoms with Gasteiger partial charge in [0.05, 0.1) is 25.7 Å². The molecular weight excluding hydrogens is 380 g/mol. The number of rotatable bonds is 12. The molecule has 0 saturated heterocycles. The number of aliphatic hydroxyl groups excluding tert-OH is 2. The molecule has 2 N–H and O–H groups in total. The number of unbranched alkanes of at least 4 members (excludes halogenated alkanes) is 1. The molecule has 0 aromatic carbocycles. The van der Waals surface area contributed by atoms with Gasteiger partial charge in [-0.15, -0.1) is 0 Å². The molecule has 0 radical (unpaired) electrons. The Kier molecular flexibility index (Phi) is 12.5. The molecular formula is C21H34O6S. The van der Waals surface area contributed by atoms with Gasteiger partial charge in [-0.3, -0.25) is 4.79 Å². The van der Waals surface area contributed by atoms with Gasteiger partial charge in [0.2, 0.25) is 0 Å². The first kappa shape index (κ1) is 25.0. The Balaban J connectivity index is 2.44. The Labute approximate surface area is 172 Å². The zero-order chi connectivity index (χ0) is 20.9. The number of carbonyl (C=O) groups excluding carboxylic acids is 2. The van der Waals surface area contributed by atoms with E-state index in [0.29, 0.717) is 30.5 Å². The zero-order valence-electron chi connectivity index (χ0n) is 17.2. The van der Waals surface area contributed by atoms with E-state index in [1.807, 2.05) is 0 Å². The number of methoxy groups -OCH3 is 1. The van der Waals surface area contributed by atoms with E-state index in [2.05, 4.69) is 30.4 Å². The average Bonchev–Trinajstić information content (AvgIpc) is 2.93. The van der Waals surface area contributed by atoms with Crippen molar-refractivity contribution in [1.82, 2.24) is 0 Å². The van der Waals surface area contributed by atoms with E-state index >= 15 is 0 Å². The van der Waals surface area contributed by atoms with Crippen molar-refractivity contribution in [3.05, 3.63) is 0 Å². The van der Waals surface area contributed by atoms with E-state index in [0.717, 1.165) is 19.3 Å². The Hall–Kier alpha value is -1.07. The smallest absolute Gasteiger partial charge is 0.331 e. The zero-order valence-corrected chi connectivity index (χ0v) is 18.0. The minimum absolute atomic E-state index is 0.0144. The van der Waals surface area contributed by atoms with Crippen LogP contribution in [0, 0.1) is 29.6 Å². The van der Waals surface area contributed by atoms with Crippen molar-refractivity contribution in [2.24, 2.45) is 17.8 Å². The second kappa shape index (κ2) is 14.0. The fraction of sp³-hybridized carbons (Fsp3) is 0.810. The molecule has 1 fully saturated rings. The monoisotopic (exact) mass is 414 g/mol. The van der Waals surface area contributed by atoms with E-state index in [1.54, 1.807) is 0 Å². The lowest BCUT2D eigenvalue weighted by molar-refractivity contribution is -0.145. The molecule has 1 saturated carbocycles. The second-order valence-corrected chi connectivity index (χ2v) is 8.51. The molecule has 0 amide bonds. The molecule has 1 rings (SSSR count). The molecule has 28 heavy (non-hydrogen) atoms. The van der Waals surface area contributed by atoms with Crippen LogP contribution in [0.3, 0.4) is 0 Å². The molecule has 1 aliphatic rings. The fourth-order valence-electron chi connectivity index (χ4n) is 3.19. The minimum Gasteiger partial charge on any atom is -0.467 e. The largest absolute Gasteiger partial charge is 0.467 e. The first-order chi connectivity index (χ1) is 13.4. The maximum Gasteiger partial charge on any atom is 0.331 e. The maximum atomic E-state index is 12.2. The Bertz CT molecular complexity index is 541. The van der Waals surface area contributed by atoms with E-state index in [-0.39, 0.29) is 24.7 Å². The second-order valence-electron chi connectivity index (χ2n) is 7.36. The third-order valence-corrected chi connectivity index (χ3v) is 5.93. The van der Waals surface area contributed by atoms with Crippen LogP contribution in [-0.4, -0.2) is 66.0 Å². The number of carbonyl (C=O) groups is 2. The lowest BCUT2D eigenvalue weighted by Crippen LogP contribution is -2.22. The lowest BCUT2D eigenvalue weighted by Gasteiger charge is -2.16. The summed E-state index contributed by atoms with van der Waals surface area (Å²) in [5.74, 6) is 6.22. The first-order valence-corrected chi connectivity index (χ1v) is 11.2. The van der Waals surface area contributed by atoms with Gasteiger partial charge in [0.25, 0.3) is 0 Å². The predicted octanol–water partition coefficient (Wildman–Crippen LogP) is 2.06. The summed E-state index contributed by atoms with van der Waals surface area (Å²) in [4.78, 5) is 23.1. The molecule has 0 aliphatic heterocycles. The Morgan fingerprint density at radius 2 is 2.18 bits per heavy atom. The molecule has 0 bridgehead atoms. The molecule has 0 unspecified atom stereocenters. The molecule has 0 spiro atoms. The number of ketones is 1. The summed E-state index contributed by atoms with van der Waals surface area (Å²) >= 11 is 1.53. The highest BCUT2D eigenvalue weighted by Crippen LogP contribution is 2.31. The lowest BCUT2D eigenvalue weighted by atomic mass is 9.94. The molecule has 6 nitrogen and oxygen atoms in total. The summed E-state index contributed by atoms with van der Waals surface area (Å²) in [5.41, 5.74) is 0. The van der Waals surface area contributed by atoms with Crippen LogP contribution in [0.25, 0.3) is 0 Å². The number of ether oxygens (including phenoxy) is 2. The summed E-state index contributed by atoms with van der Waals surface area (Å²) < 4.78 is 9.67. The molecule has 5 atom stereocenters. The number of aliphatic hydroxyl groups is 2. The van der Waals surface area contributed by atoms with Crippen LogP contribution in [0.2, 0.25) is 0 Å². The normalized spacial score (nSPS) is 23.8. The average molecular weight is 415 g/mol. The van der Waals surface area contributed by atoms with Gasteiger partial charge >= 0.3 is 5.97 Å². The van der Waals surface area contributed by atoms with Gasteiger partial charge in [0.15, 0.2) is 0 Å². The topological polar surface area (TPSA) is 93.1 Å². The van der Waals surface area contributed by atoms with Crippen LogP contribution in [0.5, 0.6) is 0 Å². The molecule has 0 aromatic rings. The van der Waals surface area contributed by atoms with Crippen LogP contribution in [0.4, 0.5) is 0 Å². The Morgan fingerprint density at radius 3 is 2.86 bits per heavy atom. The van der Waals surface area contributed by atoms with Crippen LogP contribution in [0.15, 0.2) is 0 Å².